The Balaban J connectivity index is 1.56. The van der Waals surface area contributed by atoms with E-state index >= 15 is 0 Å². The first kappa shape index (κ1) is 22.8. The maximum atomic E-state index is 13.3. The van der Waals surface area contributed by atoms with Crippen molar-refractivity contribution >= 4 is 17.6 Å². The first-order valence-electron chi connectivity index (χ1n) is 9.95. The number of hydrogen-bond acceptors (Lipinski definition) is 7. The standard InChI is InChI=1S/C19H28F3N7S/c1-18(2,3)16-24-14(19(20,21)22)12-15(25-16)29-9-7-28(8-10-29)6-5-11-30-17-26-23-13-27(17)4/h12-13H,5-11H2,1-4H3. The maximum Gasteiger partial charge on any atom is 0.433 e. The van der Waals surface area contributed by atoms with E-state index in [-0.39, 0.29) is 5.82 Å². The summed E-state index contributed by atoms with van der Waals surface area (Å²) in [5, 5.41) is 8.82. The van der Waals surface area contributed by atoms with Crippen molar-refractivity contribution in [3.63, 3.8) is 0 Å². The third kappa shape index (κ3) is 5.84. The van der Waals surface area contributed by atoms with E-state index in [4.69, 9.17) is 0 Å². The summed E-state index contributed by atoms with van der Waals surface area (Å²) >= 11 is 1.68. The number of hydrogen-bond donors (Lipinski definition) is 0. The van der Waals surface area contributed by atoms with Gasteiger partial charge in [0, 0.05) is 50.5 Å². The molecule has 2 aromatic heterocycles. The van der Waals surface area contributed by atoms with E-state index in [1.165, 1.54) is 0 Å². The highest BCUT2D eigenvalue weighted by Gasteiger charge is 2.35. The molecule has 3 rings (SSSR count). The highest BCUT2D eigenvalue weighted by Crippen LogP contribution is 2.32. The SMILES string of the molecule is Cn1cnnc1SCCCN1CCN(c2cc(C(F)(F)F)nc(C(C)(C)C)n2)CC1. The van der Waals surface area contributed by atoms with Gasteiger partial charge in [0.1, 0.15) is 23.7 Å². The summed E-state index contributed by atoms with van der Waals surface area (Å²) in [4.78, 5) is 12.5. The fourth-order valence-corrected chi connectivity index (χ4v) is 3.94. The van der Waals surface area contributed by atoms with Gasteiger partial charge in [-0.2, -0.15) is 13.2 Å². The van der Waals surface area contributed by atoms with Gasteiger partial charge in [-0.25, -0.2) is 9.97 Å². The van der Waals surface area contributed by atoms with Crippen molar-refractivity contribution in [3.8, 4) is 0 Å². The molecule has 0 saturated carbocycles. The smallest absolute Gasteiger partial charge is 0.354 e. The molecule has 0 aliphatic carbocycles. The Morgan fingerprint density at radius 1 is 1.07 bits per heavy atom. The monoisotopic (exact) mass is 443 g/mol. The Labute approximate surface area is 179 Å². The van der Waals surface area contributed by atoms with Crippen LogP contribution in [0.5, 0.6) is 0 Å². The van der Waals surface area contributed by atoms with Gasteiger partial charge in [0.2, 0.25) is 0 Å². The van der Waals surface area contributed by atoms with Crippen molar-refractivity contribution < 1.29 is 13.2 Å². The topological polar surface area (TPSA) is 63.0 Å². The maximum absolute atomic E-state index is 13.3. The molecule has 1 saturated heterocycles. The van der Waals surface area contributed by atoms with Crippen LogP contribution in [0.1, 0.15) is 38.7 Å². The minimum absolute atomic E-state index is 0.218. The number of rotatable bonds is 6. The van der Waals surface area contributed by atoms with Crippen LogP contribution in [0.4, 0.5) is 19.0 Å². The molecule has 0 amide bonds. The van der Waals surface area contributed by atoms with Gasteiger partial charge < -0.3 is 9.47 Å². The average molecular weight is 444 g/mol. The number of aryl methyl sites for hydroxylation is 1. The van der Waals surface area contributed by atoms with E-state index in [0.29, 0.717) is 18.9 Å². The number of piperazine rings is 1. The van der Waals surface area contributed by atoms with Crippen molar-refractivity contribution in [2.45, 2.75) is 43.9 Å². The van der Waals surface area contributed by atoms with Crippen molar-refractivity contribution in [3.05, 3.63) is 23.9 Å². The first-order chi connectivity index (χ1) is 14.0. The molecule has 2 aromatic rings. The van der Waals surface area contributed by atoms with Crippen LogP contribution < -0.4 is 4.90 Å². The van der Waals surface area contributed by atoms with Gasteiger partial charge in [-0.1, -0.05) is 32.5 Å². The van der Waals surface area contributed by atoms with Gasteiger partial charge in [-0.3, -0.25) is 4.90 Å². The zero-order chi connectivity index (χ0) is 21.9. The van der Waals surface area contributed by atoms with Crippen molar-refractivity contribution in [1.29, 1.82) is 0 Å². The predicted octanol–water partition coefficient (Wildman–Crippen LogP) is 3.23. The van der Waals surface area contributed by atoms with Gasteiger partial charge in [0.05, 0.1) is 0 Å². The first-order valence-corrected chi connectivity index (χ1v) is 10.9. The largest absolute Gasteiger partial charge is 0.433 e. The van der Waals surface area contributed by atoms with E-state index < -0.39 is 17.3 Å². The van der Waals surface area contributed by atoms with Crippen LogP contribution in [0.3, 0.4) is 0 Å². The summed E-state index contributed by atoms with van der Waals surface area (Å²) in [7, 11) is 1.92. The summed E-state index contributed by atoms with van der Waals surface area (Å²) in [6.07, 6.45) is -1.79. The molecule has 11 heteroatoms. The van der Waals surface area contributed by atoms with E-state index in [1.807, 2.05) is 37.3 Å². The summed E-state index contributed by atoms with van der Waals surface area (Å²) in [6.45, 7) is 9.30. The van der Waals surface area contributed by atoms with Crippen LogP contribution in [0.25, 0.3) is 0 Å². The second-order valence-electron chi connectivity index (χ2n) is 8.44. The summed E-state index contributed by atoms with van der Waals surface area (Å²) in [5.41, 5.74) is -1.43. The summed E-state index contributed by atoms with van der Waals surface area (Å²) in [6, 6.07) is 1.07. The molecule has 7 nitrogen and oxygen atoms in total. The molecular weight excluding hydrogens is 415 g/mol. The molecule has 0 atom stereocenters. The third-order valence-electron chi connectivity index (χ3n) is 4.89. The van der Waals surface area contributed by atoms with E-state index in [9.17, 15) is 13.2 Å². The lowest BCUT2D eigenvalue weighted by molar-refractivity contribution is -0.141. The van der Waals surface area contributed by atoms with Gasteiger partial charge in [-0.05, 0) is 13.0 Å². The average Bonchev–Trinajstić information content (AvgIpc) is 3.09. The molecule has 3 heterocycles. The van der Waals surface area contributed by atoms with E-state index in [0.717, 1.165) is 43.0 Å². The van der Waals surface area contributed by atoms with Gasteiger partial charge in [0.25, 0.3) is 0 Å². The molecule has 0 bridgehead atoms. The van der Waals surface area contributed by atoms with Crippen LogP contribution in [0.15, 0.2) is 17.6 Å². The van der Waals surface area contributed by atoms with Gasteiger partial charge >= 0.3 is 6.18 Å². The second-order valence-corrected chi connectivity index (χ2v) is 9.50. The fourth-order valence-electron chi connectivity index (χ4n) is 3.13. The highest BCUT2D eigenvalue weighted by atomic mass is 32.2. The lowest BCUT2D eigenvalue weighted by Crippen LogP contribution is -2.47. The Morgan fingerprint density at radius 2 is 1.77 bits per heavy atom. The quantitative estimate of drug-likeness (QED) is 0.502. The zero-order valence-corrected chi connectivity index (χ0v) is 18.6. The van der Waals surface area contributed by atoms with Crippen LogP contribution >= 0.6 is 11.8 Å². The summed E-state index contributed by atoms with van der Waals surface area (Å²) < 4.78 is 41.9. The molecule has 1 aliphatic rings. The van der Waals surface area contributed by atoms with Gasteiger partial charge in [0.15, 0.2) is 5.16 Å². The molecule has 1 fully saturated rings. The zero-order valence-electron chi connectivity index (χ0n) is 17.8. The second kappa shape index (κ2) is 9.09. The lowest BCUT2D eigenvalue weighted by Gasteiger charge is -2.36. The van der Waals surface area contributed by atoms with E-state index in [2.05, 4.69) is 25.1 Å². The summed E-state index contributed by atoms with van der Waals surface area (Å²) in [5.74, 6) is 1.53. The molecule has 1 aliphatic heterocycles. The van der Waals surface area contributed by atoms with Crippen molar-refractivity contribution in [1.82, 2.24) is 29.6 Å². The molecule has 166 valence electrons. The van der Waals surface area contributed by atoms with Crippen molar-refractivity contribution in [2.24, 2.45) is 7.05 Å². The highest BCUT2D eigenvalue weighted by molar-refractivity contribution is 7.99. The number of halogens is 3. The minimum atomic E-state index is -4.49. The molecule has 0 radical (unpaired) electrons. The molecular formula is C19H28F3N7S. The van der Waals surface area contributed by atoms with Crippen molar-refractivity contribution in [2.75, 3.05) is 43.4 Å². The van der Waals surface area contributed by atoms with Gasteiger partial charge in [-0.15, -0.1) is 10.2 Å². The number of alkyl halides is 3. The lowest BCUT2D eigenvalue weighted by atomic mass is 9.95. The predicted molar refractivity (Wildman–Crippen MR) is 111 cm³/mol. The Bertz CT molecular complexity index is 807. The molecule has 0 spiro atoms. The Morgan fingerprint density at radius 3 is 2.33 bits per heavy atom. The number of thioether (sulfide) groups is 1. The molecule has 0 N–H and O–H groups in total. The Kier molecular flexibility index (Phi) is 6.91. The third-order valence-corrected chi connectivity index (χ3v) is 6.01. The Hall–Kier alpha value is -1.88. The minimum Gasteiger partial charge on any atom is -0.354 e. The number of nitrogens with zero attached hydrogens (tertiary/aromatic N) is 7. The molecule has 30 heavy (non-hydrogen) atoms. The van der Waals surface area contributed by atoms with Crippen LogP contribution in [0.2, 0.25) is 0 Å². The van der Waals surface area contributed by atoms with E-state index in [1.54, 1.807) is 18.1 Å². The van der Waals surface area contributed by atoms with Crippen LogP contribution in [-0.2, 0) is 18.6 Å². The number of anilines is 1. The molecule has 0 aromatic carbocycles. The number of aromatic nitrogens is 5. The molecule has 0 unspecified atom stereocenters. The van der Waals surface area contributed by atoms with Crippen LogP contribution in [0, 0.1) is 0 Å². The van der Waals surface area contributed by atoms with Crippen LogP contribution in [-0.4, -0.2) is 68.1 Å². The normalized spacial score (nSPS) is 16.3. The fraction of sp³-hybridized carbons (Fsp3) is 0.684.